The molecule has 0 spiro atoms. The Labute approximate surface area is 157 Å². The Hall–Kier alpha value is -2.66. The minimum Gasteiger partial charge on any atom is -0.467 e. The molecule has 3 rings (SSSR count). The number of aryl methyl sites for hydroxylation is 2. The predicted octanol–water partition coefficient (Wildman–Crippen LogP) is 4.04. The second-order valence-corrected chi connectivity index (χ2v) is 6.46. The monoisotopic (exact) mass is 369 g/mol. The molecule has 1 aromatic heterocycles. The highest BCUT2D eigenvalue weighted by Crippen LogP contribution is 2.25. The van der Waals surface area contributed by atoms with Crippen molar-refractivity contribution in [3.05, 3.63) is 64.9 Å². The SMILES string of the molecule is COC(=O)C(C)Nc1nc(CCc2ccccc2)nc2ccc(Cl)cc12. The van der Waals surface area contributed by atoms with Gasteiger partial charge in [0.25, 0.3) is 0 Å². The summed E-state index contributed by atoms with van der Waals surface area (Å²) in [6, 6.07) is 15.1. The lowest BCUT2D eigenvalue weighted by Gasteiger charge is -2.15. The number of carbonyl (C=O) groups excluding carboxylic acids is 1. The lowest BCUT2D eigenvalue weighted by molar-refractivity contribution is -0.141. The van der Waals surface area contributed by atoms with Crippen LogP contribution in [0.25, 0.3) is 10.9 Å². The van der Waals surface area contributed by atoms with E-state index in [2.05, 4.69) is 27.4 Å². The Morgan fingerprint density at radius 2 is 1.92 bits per heavy atom. The molecule has 0 aliphatic rings. The summed E-state index contributed by atoms with van der Waals surface area (Å²) < 4.78 is 4.78. The molecular weight excluding hydrogens is 350 g/mol. The van der Waals surface area contributed by atoms with Gasteiger partial charge in [-0.15, -0.1) is 0 Å². The molecule has 0 amide bonds. The topological polar surface area (TPSA) is 64.1 Å². The highest BCUT2D eigenvalue weighted by molar-refractivity contribution is 6.31. The van der Waals surface area contributed by atoms with Crippen molar-refractivity contribution in [1.29, 1.82) is 0 Å². The van der Waals surface area contributed by atoms with Crippen molar-refractivity contribution in [2.75, 3.05) is 12.4 Å². The molecule has 1 heterocycles. The number of hydrogen-bond acceptors (Lipinski definition) is 5. The molecule has 0 saturated heterocycles. The van der Waals surface area contributed by atoms with E-state index in [1.54, 1.807) is 19.1 Å². The number of nitrogens with one attached hydrogen (secondary N) is 1. The number of hydrogen-bond donors (Lipinski definition) is 1. The minimum atomic E-state index is -0.529. The molecule has 0 bridgehead atoms. The summed E-state index contributed by atoms with van der Waals surface area (Å²) in [5.41, 5.74) is 2.01. The first-order valence-corrected chi connectivity index (χ1v) is 8.79. The molecule has 26 heavy (non-hydrogen) atoms. The van der Waals surface area contributed by atoms with Gasteiger partial charge in [0, 0.05) is 16.8 Å². The second kappa shape index (κ2) is 8.15. The van der Waals surface area contributed by atoms with Crippen molar-refractivity contribution in [3.63, 3.8) is 0 Å². The van der Waals surface area contributed by atoms with Crippen molar-refractivity contribution in [3.8, 4) is 0 Å². The molecule has 1 N–H and O–H groups in total. The molecule has 0 aliphatic carbocycles. The molecule has 0 saturated carbocycles. The van der Waals surface area contributed by atoms with Crippen LogP contribution in [0.3, 0.4) is 0 Å². The smallest absolute Gasteiger partial charge is 0.328 e. The quantitative estimate of drug-likeness (QED) is 0.664. The van der Waals surface area contributed by atoms with Gasteiger partial charge >= 0.3 is 5.97 Å². The third-order valence-corrected chi connectivity index (χ3v) is 4.33. The number of halogens is 1. The average molecular weight is 370 g/mol. The van der Waals surface area contributed by atoms with E-state index in [0.717, 1.165) is 17.3 Å². The molecule has 0 fully saturated rings. The fourth-order valence-electron chi connectivity index (χ4n) is 2.71. The average Bonchev–Trinajstić information content (AvgIpc) is 2.66. The maximum absolute atomic E-state index is 11.8. The molecule has 1 unspecified atom stereocenters. The van der Waals surface area contributed by atoms with Crippen molar-refractivity contribution in [2.45, 2.75) is 25.8 Å². The van der Waals surface area contributed by atoms with Gasteiger partial charge in [-0.3, -0.25) is 0 Å². The van der Waals surface area contributed by atoms with Crippen LogP contribution in [0, 0.1) is 0 Å². The summed E-state index contributed by atoms with van der Waals surface area (Å²) in [4.78, 5) is 21.0. The van der Waals surface area contributed by atoms with E-state index in [0.29, 0.717) is 23.1 Å². The number of benzene rings is 2. The summed E-state index contributed by atoms with van der Waals surface area (Å²) in [7, 11) is 1.36. The van der Waals surface area contributed by atoms with E-state index in [9.17, 15) is 4.79 Å². The predicted molar refractivity (Wildman–Crippen MR) is 103 cm³/mol. The number of aromatic nitrogens is 2. The number of methoxy groups -OCH3 is 1. The standard InChI is InChI=1S/C20H20ClN3O2/c1-13(20(25)26-2)22-19-16-12-15(21)9-10-17(16)23-18(24-19)11-8-14-6-4-3-5-7-14/h3-7,9-10,12-13H,8,11H2,1-2H3,(H,22,23,24). The summed E-state index contributed by atoms with van der Waals surface area (Å²) >= 11 is 6.12. The summed E-state index contributed by atoms with van der Waals surface area (Å²) in [5.74, 6) is 0.936. The Balaban J connectivity index is 1.92. The fourth-order valence-corrected chi connectivity index (χ4v) is 2.88. The Bertz CT molecular complexity index is 916. The zero-order chi connectivity index (χ0) is 18.5. The van der Waals surface area contributed by atoms with Gasteiger partial charge < -0.3 is 10.1 Å². The maximum Gasteiger partial charge on any atom is 0.328 e. The van der Waals surface area contributed by atoms with Crippen LogP contribution in [0.4, 0.5) is 5.82 Å². The fraction of sp³-hybridized carbons (Fsp3) is 0.250. The number of nitrogens with zero attached hydrogens (tertiary/aromatic N) is 2. The molecule has 0 radical (unpaired) electrons. The van der Waals surface area contributed by atoms with Crippen LogP contribution >= 0.6 is 11.6 Å². The van der Waals surface area contributed by atoms with Crippen LogP contribution in [0.5, 0.6) is 0 Å². The first-order chi connectivity index (χ1) is 12.6. The van der Waals surface area contributed by atoms with E-state index >= 15 is 0 Å². The van der Waals surface area contributed by atoms with E-state index in [4.69, 9.17) is 16.3 Å². The molecule has 1 atom stereocenters. The first kappa shape index (κ1) is 18.1. The second-order valence-electron chi connectivity index (χ2n) is 6.02. The van der Waals surface area contributed by atoms with Crippen LogP contribution in [-0.4, -0.2) is 29.1 Å². The maximum atomic E-state index is 11.8. The highest BCUT2D eigenvalue weighted by Gasteiger charge is 2.16. The van der Waals surface area contributed by atoms with Gasteiger partial charge in [-0.05, 0) is 37.1 Å². The zero-order valence-corrected chi connectivity index (χ0v) is 15.5. The number of rotatable bonds is 6. The summed E-state index contributed by atoms with van der Waals surface area (Å²) in [6.07, 6.45) is 1.54. The summed E-state index contributed by atoms with van der Waals surface area (Å²) in [5, 5.41) is 4.48. The van der Waals surface area contributed by atoms with Crippen LogP contribution < -0.4 is 5.32 Å². The molecule has 6 heteroatoms. The van der Waals surface area contributed by atoms with Crippen molar-refractivity contribution in [2.24, 2.45) is 0 Å². The highest BCUT2D eigenvalue weighted by atomic mass is 35.5. The lowest BCUT2D eigenvalue weighted by Crippen LogP contribution is -2.28. The van der Waals surface area contributed by atoms with Crippen molar-refractivity contribution in [1.82, 2.24) is 9.97 Å². The Kier molecular flexibility index (Phi) is 5.68. The summed E-state index contributed by atoms with van der Waals surface area (Å²) in [6.45, 7) is 1.73. The first-order valence-electron chi connectivity index (χ1n) is 8.41. The third kappa shape index (κ3) is 4.29. The van der Waals surface area contributed by atoms with E-state index in [1.807, 2.05) is 24.3 Å². The molecular formula is C20H20ClN3O2. The van der Waals surface area contributed by atoms with Gasteiger partial charge in [0.2, 0.25) is 0 Å². The number of ether oxygens (including phenoxy) is 1. The largest absolute Gasteiger partial charge is 0.467 e. The Morgan fingerprint density at radius 1 is 1.15 bits per heavy atom. The van der Waals surface area contributed by atoms with E-state index < -0.39 is 6.04 Å². The van der Waals surface area contributed by atoms with Gasteiger partial charge in [-0.1, -0.05) is 41.9 Å². The van der Waals surface area contributed by atoms with E-state index in [-0.39, 0.29) is 5.97 Å². The molecule has 0 aliphatic heterocycles. The lowest BCUT2D eigenvalue weighted by atomic mass is 10.1. The van der Waals surface area contributed by atoms with Gasteiger partial charge in [-0.25, -0.2) is 14.8 Å². The number of anilines is 1. The van der Waals surface area contributed by atoms with Gasteiger partial charge in [0.05, 0.1) is 12.6 Å². The zero-order valence-electron chi connectivity index (χ0n) is 14.7. The number of fused-ring (bicyclic) bond motifs is 1. The van der Waals surface area contributed by atoms with Gasteiger partial charge in [0.1, 0.15) is 17.7 Å². The van der Waals surface area contributed by atoms with Crippen molar-refractivity contribution < 1.29 is 9.53 Å². The van der Waals surface area contributed by atoms with Crippen LogP contribution in [0.1, 0.15) is 18.3 Å². The minimum absolute atomic E-state index is 0.357. The third-order valence-electron chi connectivity index (χ3n) is 4.09. The van der Waals surface area contributed by atoms with Gasteiger partial charge in [0.15, 0.2) is 0 Å². The van der Waals surface area contributed by atoms with Crippen molar-refractivity contribution >= 4 is 34.3 Å². The Morgan fingerprint density at radius 3 is 2.65 bits per heavy atom. The molecule has 5 nitrogen and oxygen atoms in total. The van der Waals surface area contributed by atoms with E-state index in [1.165, 1.54) is 12.7 Å². The van der Waals surface area contributed by atoms with Crippen LogP contribution in [0.2, 0.25) is 5.02 Å². The van der Waals surface area contributed by atoms with Crippen LogP contribution in [0.15, 0.2) is 48.5 Å². The number of carbonyl (C=O) groups is 1. The number of esters is 1. The van der Waals surface area contributed by atoms with Gasteiger partial charge in [-0.2, -0.15) is 0 Å². The van der Waals surface area contributed by atoms with Crippen LogP contribution in [-0.2, 0) is 22.4 Å². The molecule has 134 valence electrons. The normalized spacial score (nSPS) is 12.0. The molecule has 2 aromatic carbocycles. The molecule has 3 aromatic rings.